The molecule has 2 atom stereocenters. The minimum Gasteiger partial charge on any atom is -0.468 e. The minimum atomic E-state index is -0.596. The second-order valence-electron chi connectivity index (χ2n) is 10.1. The van der Waals surface area contributed by atoms with E-state index in [4.69, 9.17) is 9.84 Å². The van der Waals surface area contributed by atoms with Gasteiger partial charge in [0.2, 0.25) is 11.8 Å². The summed E-state index contributed by atoms with van der Waals surface area (Å²) in [6.07, 6.45) is 1.51. The number of anilines is 1. The number of fused-ring (bicyclic) bond motifs is 2. The zero-order valence-electron chi connectivity index (χ0n) is 23.3. The first kappa shape index (κ1) is 28.0. The summed E-state index contributed by atoms with van der Waals surface area (Å²) in [6, 6.07) is 8.72. The van der Waals surface area contributed by atoms with Gasteiger partial charge in [-0.25, -0.2) is 4.39 Å². The zero-order valence-corrected chi connectivity index (χ0v) is 23.3. The first-order valence-electron chi connectivity index (χ1n) is 13.3. The van der Waals surface area contributed by atoms with Gasteiger partial charge in [-0.1, -0.05) is 12.1 Å². The molecule has 41 heavy (non-hydrogen) atoms. The van der Waals surface area contributed by atoms with Gasteiger partial charge < -0.3 is 25.0 Å². The van der Waals surface area contributed by atoms with Crippen molar-refractivity contribution in [1.82, 2.24) is 30.2 Å². The summed E-state index contributed by atoms with van der Waals surface area (Å²) < 4.78 is 29.2. The van der Waals surface area contributed by atoms with E-state index in [0.717, 1.165) is 5.52 Å². The number of aryl methyl sites for hydroxylation is 1. The molecule has 0 radical (unpaired) electrons. The molecule has 1 saturated heterocycles. The Morgan fingerprint density at radius 3 is 2.51 bits per heavy atom. The van der Waals surface area contributed by atoms with Crippen LogP contribution in [0.15, 0.2) is 36.5 Å². The van der Waals surface area contributed by atoms with Crippen LogP contribution in [0.5, 0.6) is 0 Å². The Labute approximate surface area is 235 Å². The van der Waals surface area contributed by atoms with E-state index < -0.39 is 23.6 Å². The number of esters is 1. The number of aromatic nitrogens is 4. The van der Waals surface area contributed by atoms with Crippen molar-refractivity contribution < 1.29 is 28.2 Å². The van der Waals surface area contributed by atoms with Crippen molar-refractivity contribution >= 4 is 45.4 Å². The molecule has 0 bridgehead atoms. The largest absolute Gasteiger partial charge is 0.468 e. The molecule has 0 spiro atoms. The van der Waals surface area contributed by atoms with Crippen molar-refractivity contribution in [3.8, 4) is 11.1 Å². The van der Waals surface area contributed by atoms with E-state index in [0.29, 0.717) is 46.3 Å². The Balaban J connectivity index is 1.51. The highest BCUT2D eigenvalue weighted by Crippen LogP contribution is 2.38. The number of nitrogens with one attached hydrogen (secondary N) is 2. The molecule has 2 aromatic heterocycles. The highest BCUT2D eigenvalue weighted by atomic mass is 19.1. The first-order valence-corrected chi connectivity index (χ1v) is 13.3. The number of amides is 2. The third kappa shape index (κ3) is 5.85. The van der Waals surface area contributed by atoms with Crippen LogP contribution >= 0.6 is 0 Å². The van der Waals surface area contributed by atoms with Gasteiger partial charge in [0.05, 0.1) is 48.5 Å². The summed E-state index contributed by atoms with van der Waals surface area (Å²) in [7, 11) is 3.02. The van der Waals surface area contributed by atoms with Crippen molar-refractivity contribution in [3.05, 3.63) is 42.3 Å². The van der Waals surface area contributed by atoms with Gasteiger partial charge in [0.25, 0.3) is 0 Å². The molecule has 216 valence electrons. The van der Waals surface area contributed by atoms with Gasteiger partial charge >= 0.3 is 5.97 Å². The number of morpholine rings is 1. The van der Waals surface area contributed by atoms with E-state index in [2.05, 4.69) is 25.4 Å². The van der Waals surface area contributed by atoms with E-state index >= 15 is 4.39 Å². The van der Waals surface area contributed by atoms with Crippen molar-refractivity contribution in [2.45, 2.75) is 32.6 Å². The Kier molecular flexibility index (Phi) is 7.88. The van der Waals surface area contributed by atoms with Crippen LogP contribution in [0.1, 0.15) is 13.8 Å². The second kappa shape index (κ2) is 11.5. The van der Waals surface area contributed by atoms with E-state index in [9.17, 15) is 14.4 Å². The van der Waals surface area contributed by atoms with Gasteiger partial charge in [-0.05, 0) is 37.6 Å². The van der Waals surface area contributed by atoms with Gasteiger partial charge in [-0.2, -0.15) is 10.2 Å². The molecule has 12 nitrogen and oxygen atoms in total. The van der Waals surface area contributed by atoms with Crippen LogP contribution in [-0.4, -0.2) is 82.8 Å². The fraction of sp³-hybridized carbons (Fsp3) is 0.393. The number of methoxy groups -OCH3 is 1. The Bertz CT molecular complexity index is 1620. The number of rotatable bonds is 8. The Morgan fingerprint density at radius 1 is 1.05 bits per heavy atom. The van der Waals surface area contributed by atoms with E-state index in [1.807, 2.05) is 26.0 Å². The molecule has 13 heteroatoms. The molecule has 4 aromatic rings. The maximum atomic E-state index is 15.5. The van der Waals surface area contributed by atoms with E-state index in [1.165, 1.54) is 13.2 Å². The van der Waals surface area contributed by atoms with Gasteiger partial charge in [0.15, 0.2) is 5.82 Å². The highest BCUT2D eigenvalue weighted by Gasteiger charge is 2.28. The summed E-state index contributed by atoms with van der Waals surface area (Å²) >= 11 is 0. The molecule has 2 aromatic carbocycles. The van der Waals surface area contributed by atoms with E-state index in [-0.39, 0.29) is 31.8 Å². The lowest BCUT2D eigenvalue weighted by atomic mass is 9.99. The molecule has 2 amide bonds. The maximum Gasteiger partial charge on any atom is 0.325 e. The van der Waals surface area contributed by atoms with Crippen molar-refractivity contribution in [2.75, 3.05) is 38.2 Å². The predicted octanol–water partition coefficient (Wildman–Crippen LogP) is 1.75. The summed E-state index contributed by atoms with van der Waals surface area (Å²) in [5, 5.41) is 15.4. The SMILES string of the molecule is COC(=O)CNC(=O)CNC(=O)Cn1nc(N2C[C@@H](C)O[C@@H](C)C2)c2c(-c3cc4c(cnn4C)cc3F)cccc21. The quantitative estimate of drug-likeness (QED) is 0.309. The number of hydrogen-bond acceptors (Lipinski definition) is 8. The predicted molar refractivity (Wildman–Crippen MR) is 150 cm³/mol. The van der Waals surface area contributed by atoms with Crippen LogP contribution in [0.25, 0.3) is 32.9 Å². The fourth-order valence-corrected chi connectivity index (χ4v) is 5.18. The minimum absolute atomic E-state index is 0.0551. The number of halogens is 1. The van der Waals surface area contributed by atoms with Crippen LogP contribution < -0.4 is 15.5 Å². The number of hydrogen-bond donors (Lipinski definition) is 2. The molecule has 0 aliphatic carbocycles. The lowest BCUT2D eigenvalue weighted by Gasteiger charge is -2.35. The molecular weight excluding hydrogens is 533 g/mol. The summed E-state index contributed by atoms with van der Waals surface area (Å²) in [5.74, 6) is -1.36. The number of benzene rings is 2. The average Bonchev–Trinajstić information content (AvgIpc) is 3.49. The van der Waals surface area contributed by atoms with Gasteiger partial charge in [-0.15, -0.1) is 0 Å². The summed E-state index contributed by atoms with van der Waals surface area (Å²) in [4.78, 5) is 38.2. The highest BCUT2D eigenvalue weighted by molar-refractivity contribution is 6.04. The van der Waals surface area contributed by atoms with Crippen molar-refractivity contribution in [1.29, 1.82) is 0 Å². The monoisotopic (exact) mass is 565 g/mol. The van der Waals surface area contributed by atoms with Gasteiger partial charge in [0.1, 0.15) is 18.9 Å². The normalized spacial score (nSPS) is 17.1. The summed E-state index contributed by atoms with van der Waals surface area (Å²) in [6.45, 7) is 4.32. The van der Waals surface area contributed by atoms with Gasteiger partial charge in [0, 0.05) is 31.1 Å². The average molecular weight is 566 g/mol. The second-order valence-corrected chi connectivity index (χ2v) is 10.1. The number of carbonyl (C=O) groups is 3. The maximum absolute atomic E-state index is 15.5. The molecule has 1 aliphatic heterocycles. The number of nitrogens with zero attached hydrogens (tertiary/aromatic N) is 5. The van der Waals surface area contributed by atoms with Crippen molar-refractivity contribution in [3.63, 3.8) is 0 Å². The molecule has 0 unspecified atom stereocenters. The topological polar surface area (TPSA) is 133 Å². The zero-order chi connectivity index (χ0) is 29.3. The van der Waals surface area contributed by atoms with Crippen LogP contribution in [0.3, 0.4) is 0 Å². The number of ether oxygens (including phenoxy) is 2. The Morgan fingerprint density at radius 2 is 1.78 bits per heavy atom. The standard InChI is InChI=1S/C28H32FN7O5/c1-16-13-35(14-17(2)41-16)28-27-19(20-9-23-18(8-21(20)29)10-32-34(23)3)6-5-7-22(27)36(33-28)15-25(38)30-11-24(37)31-12-26(39)40-4/h5-10,16-17H,11-15H2,1-4H3,(H,30,38)(H,31,37)/t16-,17+. The van der Waals surface area contributed by atoms with Crippen LogP contribution in [-0.2, 0) is 37.4 Å². The molecular formula is C28H32FN7O5. The van der Waals surface area contributed by atoms with E-state index in [1.54, 1.807) is 34.7 Å². The lowest BCUT2D eigenvalue weighted by Crippen LogP contribution is -2.45. The molecule has 1 fully saturated rings. The van der Waals surface area contributed by atoms with Crippen molar-refractivity contribution in [2.24, 2.45) is 7.05 Å². The molecule has 1 aliphatic rings. The van der Waals surface area contributed by atoms with Gasteiger partial charge in [-0.3, -0.25) is 23.7 Å². The molecule has 0 saturated carbocycles. The lowest BCUT2D eigenvalue weighted by molar-refractivity contribution is -0.141. The third-order valence-corrected chi connectivity index (χ3v) is 7.00. The molecule has 2 N–H and O–H groups in total. The Hall–Kier alpha value is -4.52. The third-order valence-electron chi connectivity index (χ3n) is 7.00. The van der Waals surface area contributed by atoms with Crippen LogP contribution in [0, 0.1) is 5.82 Å². The first-order chi connectivity index (χ1) is 19.6. The molecule has 3 heterocycles. The summed E-state index contributed by atoms with van der Waals surface area (Å²) in [5.41, 5.74) is 2.46. The smallest absolute Gasteiger partial charge is 0.325 e. The number of carbonyl (C=O) groups excluding carboxylic acids is 3. The molecule has 5 rings (SSSR count). The van der Waals surface area contributed by atoms with Crippen LogP contribution in [0.4, 0.5) is 10.2 Å². The van der Waals surface area contributed by atoms with Crippen LogP contribution in [0.2, 0.25) is 0 Å². The fourth-order valence-electron chi connectivity index (χ4n) is 5.18.